The first kappa shape index (κ1) is 17.4. The second kappa shape index (κ2) is 6.32. The molecule has 2 heterocycles. The Morgan fingerprint density at radius 3 is 2.54 bits per heavy atom. The summed E-state index contributed by atoms with van der Waals surface area (Å²) in [6, 6.07) is 9.92. The highest BCUT2D eigenvalue weighted by Crippen LogP contribution is 2.45. The van der Waals surface area contributed by atoms with Crippen molar-refractivity contribution in [3.05, 3.63) is 64.7 Å². The minimum Gasteiger partial charge on any atom is -0.375 e. The van der Waals surface area contributed by atoms with Gasteiger partial charge in [-0.05, 0) is 23.1 Å². The molecule has 3 unspecified atom stereocenters. The van der Waals surface area contributed by atoms with Crippen molar-refractivity contribution < 1.29 is 18.3 Å². The first-order valence-electron chi connectivity index (χ1n) is 8.94. The number of ether oxygens (including phenoxy) is 2. The molecule has 0 spiro atoms. The van der Waals surface area contributed by atoms with Gasteiger partial charge < -0.3 is 14.8 Å². The van der Waals surface area contributed by atoms with E-state index >= 15 is 0 Å². The molecule has 5 heteroatoms. The van der Waals surface area contributed by atoms with Crippen LogP contribution in [-0.4, -0.2) is 19.3 Å². The summed E-state index contributed by atoms with van der Waals surface area (Å²) in [5, 5.41) is 3.35. The van der Waals surface area contributed by atoms with Gasteiger partial charge in [-0.1, -0.05) is 45.0 Å². The smallest absolute Gasteiger partial charge is 0.164 e. The molecule has 4 rings (SSSR count). The van der Waals surface area contributed by atoms with Crippen LogP contribution in [0.25, 0.3) is 0 Å². The van der Waals surface area contributed by atoms with Crippen LogP contribution < -0.4 is 5.32 Å². The Morgan fingerprint density at radius 2 is 1.77 bits per heavy atom. The number of anilines is 1. The Kier molecular flexibility index (Phi) is 4.24. The number of rotatable bonds is 1. The van der Waals surface area contributed by atoms with Crippen molar-refractivity contribution in [2.45, 2.75) is 44.4 Å². The van der Waals surface area contributed by atoms with Crippen LogP contribution in [0.2, 0.25) is 0 Å². The molecule has 0 amide bonds. The maximum absolute atomic E-state index is 14.4. The average Bonchev–Trinajstić information content (AvgIpc) is 2.62. The van der Waals surface area contributed by atoms with Crippen molar-refractivity contribution in [1.82, 2.24) is 0 Å². The predicted octanol–water partition coefficient (Wildman–Crippen LogP) is 4.89. The van der Waals surface area contributed by atoms with Crippen molar-refractivity contribution in [3.8, 4) is 0 Å². The summed E-state index contributed by atoms with van der Waals surface area (Å²) in [7, 11) is 0. The van der Waals surface area contributed by atoms with Crippen molar-refractivity contribution in [1.29, 1.82) is 0 Å². The van der Waals surface area contributed by atoms with Crippen LogP contribution in [0, 0.1) is 11.6 Å². The molecule has 0 aliphatic carbocycles. The number of nitrogens with one attached hydrogen (secondary N) is 1. The summed E-state index contributed by atoms with van der Waals surface area (Å²) in [5.41, 5.74) is 3.34. The summed E-state index contributed by atoms with van der Waals surface area (Å²) < 4.78 is 40.2. The molecule has 0 radical (unpaired) electrons. The van der Waals surface area contributed by atoms with E-state index < -0.39 is 23.8 Å². The lowest BCUT2D eigenvalue weighted by Gasteiger charge is -2.43. The summed E-state index contributed by atoms with van der Waals surface area (Å²) in [5.74, 6) is -1.70. The maximum Gasteiger partial charge on any atom is 0.164 e. The van der Waals surface area contributed by atoms with Gasteiger partial charge in [0.25, 0.3) is 0 Å². The molecule has 3 atom stereocenters. The van der Waals surface area contributed by atoms with E-state index in [1.807, 2.05) is 6.07 Å². The molecule has 1 saturated heterocycles. The Bertz CT molecular complexity index is 831. The molecule has 2 aliphatic rings. The van der Waals surface area contributed by atoms with Gasteiger partial charge in [0.15, 0.2) is 11.6 Å². The van der Waals surface area contributed by atoms with E-state index in [2.05, 4.69) is 38.2 Å². The summed E-state index contributed by atoms with van der Waals surface area (Å²) in [6.07, 6.45) is -0.724. The standard InChI is InChI=1S/C21H23F2NO2/c1-21(2,3)12-7-8-16-14(11-12)19-20(26-10-9-25-19)18(24-16)13-5-4-6-15(22)17(13)23/h4-8,11,18-20,24H,9-10H2,1-3H3. The van der Waals surface area contributed by atoms with E-state index in [1.54, 1.807) is 6.07 Å². The van der Waals surface area contributed by atoms with Crippen LogP contribution in [0.4, 0.5) is 14.5 Å². The van der Waals surface area contributed by atoms with Crippen molar-refractivity contribution in [3.63, 3.8) is 0 Å². The highest BCUT2D eigenvalue weighted by atomic mass is 19.2. The first-order valence-corrected chi connectivity index (χ1v) is 8.94. The average molecular weight is 359 g/mol. The molecule has 1 N–H and O–H groups in total. The fourth-order valence-corrected chi connectivity index (χ4v) is 3.74. The zero-order chi connectivity index (χ0) is 18.5. The van der Waals surface area contributed by atoms with Crippen LogP contribution in [0.3, 0.4) is 0 Å². The monoisotopic (exact) mass is 359 g/mol. The molecule has 138 valence electrons. The normalized spacial score (nSPS) is 25.2. The van der Waals surface area contributed by atoms with Crippen molar-refractivity contribution in [2.75, 3.05) is 18.5 Å². The van der Waals surface area contributed by atoms with Gasteiger partial charge in [-0.25, -0.2) is 8.78 Å². The molecule has 2 aromatic carbocycles. The lowest BCUT2D eigenvalue weighted by molar-refractivity contribution is -0.151. The molecule has 0 bridgehead atoms. The molecular formula is C21H23F2NO2. The Hall–Kier alpha value is -1.98. The van der Waals surface area contributed by atoms with E-state index in [-0.39, 0.29) is 17.1 Å². The van der Waals surface area contributed by atoms with E-state index in [4.69, 9.17) is 9.47 Å². The molecular weight excluding hydrogens is 336 g/mol. The van der Waals surface area contributed by atoms with Crippen LogP contribution >= 0.6 is 0 Å². The van der Waals surface area contributed by atoms with Gasteiger partial charge in [-0.15, -0.1) is 0 Å². The molecule has 26 heavy (non-hydrogen) atoms. The Balaban J connectivity index is 1.80. The third kappa shape index (κ3) is 2.89. The van der Waals surface area contributed by atoms with E-state index in [9.17, 15) is 8.78 Å². The van der Waals surface area contributed by atoms with Gasteiger partial charge in [-0.2, -0.15) is 0 Å². The van der Waals surface area contributed by atoms with Crippen LogP contribution in [0.1, 0.15) is 49.6 Å². The van der Waals surface area contributed by atoms with Gasteiger partial charge in [0.05, 0.1) is 19.3 Å². The fourth-order valence-electron chi connectivity index (χ4n) is 3.74. The van der Waals surface area contributed by atoms with Gasteiger partial charge in [0.2, 0.25) is 0 Å². The quantitative estimate of drug-likeness (QED) is 0.787. The molecule has 0 saturated carbocycles. The first-order chi connectivity index (χ1) is 12.4. The SMILES string of the molecule is CC(C)(C)c1ccc2c(c1)C1OCCOC1C(c1cccc(F)c1F)N2. The molecule has 2 aromatic rings. The maximum atomic E-state index is 14.4. The predicted molar refractivity (Wildman–Crippen MR) is 96.3 cm³/mol. The number of fused-ring (bicyclic) bond motifs is 3. The lowest BCUT2D eigenvalue weighted by Crippen LogP contribution is -2.43. The Labute approximate surface area is 152 Å². The van der Waals surface area contributed by atoms with Gasteiger partial charge >= 0.3 is 0 Å². The number of benzene rings is 2. The number of halogens is 2. The summed E-state index contributed by atoms with van der Waals surface area (Å²) in [6.45, 7) is 7.39. The Morgan fingerprint density at radius 1 is 1.00 bits per heavy atom. The zero-order valence-corrected chi connectivity index (χ0v) is 15.2. The minimum absolute atomic E-state index is 0.00552. The minimum atomic E-state index is -0.855. The molecule has 3 nitrogen and oxygen atoms in total. The zero-order valence-electron chi connectivity index (χ0n) is 15.2. The largest absolute Gasteiger partial charge is 0.375 e. The van der Waals surface area contributed by atoms with Crippen LogP contribution in [0.15, 0.2) is 36.4 Å². The van der Waals surface area contributed by atoms with Gasteiger partial charge in [0.1, 0.15) is 12.2 Å². The van der Waals surface area contributed by atoms with Crippen molar-refractivity contribution in [2.24, 2.45) is 0 Å². The van der Waals surface area contributed by atoms with E-state index in [0.717, 1.165) is 17.3 Å². The molecule has 0 aromatic heterocycles. The van der Waals surface area contributed by atoms with Crippen molar-refractivity contribution >= 4 is 5.69 Å². The topological polar surface area (TPSA) is 30.5 Å². The lowest BCUT2D eigenvalue weighted by atomic mass is 9.82. The van der Waals surface area contributed by atoms with Crippen LogP contribution in [-0.2, 0) is 14.9 Å². The third-order valence-corrected chi connectivity index (χ3v) is 5.17. The third-order valence-electron chi connectivity index (χ3n) is 5.17. The molecule has 1 fully saturated rings. The fraction of sp³-hybridized carbons (Fsp3) is 0.429. The highest BCUT2D eigenvalue weighted by molar-refractivity contribution is 5.59. The second-order valence-corrected chi connectivity index (χ2v) is 7.94. The number of hydrogen-bond acceptors (Lipinski definition) is 3. The van der Waals surface area contributed by atoms with Crippen LogP contribution in [0.5, 0.6) is 0 Å². The van der Waals surface area contributed by atoms with Gasteiger partial charge in [-0.3, -0.25) is 0 Å². The van der Waals surface area contributed by atoms with E-state index in [1.165, 1.54) is 11.6 Å². The van der Waals surface area contributed by atoms with Gasteiger partial charge in [0, 0.05) is 16.8 Å². The highest BCUT2D eigenvalue weighted by Gasteiger charge is 2.42. The second-order valence-electron chi connectivity index (χ2n) is 7.94. The van der Waals surface area contributed by atoms with E-state index in [0.29, 0.717) is 13.2 Å². The summed E-state index contributed by atoms with van der Waals surface area (Å²) in [4.78, 5) is 0. The molecule has 2 aliphatic heterocycles. The summed E-state index contributed by atoms with van der Waals surface area (Å²) >= 11 is 0. The number of hydrogen-bond donors (Lipinski definition) is 1.